The summed E-state index contributed by atoms with van der Waals surface area (Å²) in [4.78, 5) is 24.8. The second kappa shape index (κ2) is 6.73. The van der Waals surface area contributed by atoms with Crippen LogP contribution in [0.1, 0.15) is 40.3 Å². The van der Waals surface area contributed by atoms with Gasteiger partial charge in [0.1, 0.15) is 11.8 Å². The van der Waals surface area contributed by atoms with Gasteiger partial charge in [-0.25, -0.2) is 0 Å². The van der Waals surface area contributed by atoms with Crippen LogP contribution in [0.25, 0.3) is 11.1 Å². The third-order valence-corrected chi connectivity index (χ3v) is 4.40. The first-order valence-electron chi connectivity index (χ1n) is 8.63. The van der Waals surface area contributed by atoms with Gasteiger partial charge in [-0.15, -0.1) is 0 Å². The number of nitrogens with zero attached hydrogens (tertiary/aromatic N) is 1. The van der Waals surface area contributed by atoms with E-state index in [0.717, 1.165) is 5.56 Å². The molecule has 0 spiro atoms. The monoisotopic (exact) mass is 378 g/mol. The van der Waals surface area contributed by atoms with Crippen LogP contribution in [0.2, 0.25) is 0 Å². The minimum absolute atomic E-state index is 0.117. The van der Waals surface area contributed by atoms with Crippen LogP contribution < -0.4 is 10.6 Å². The topological polar surface area (TPSA) is 113 Å². The van der Waals surface area contributed by atoms with Gasteiger partial charge in [-0.3, -0.25) is 14.7 Å². The predicted molar refractivity (Wildman–Crippen MR) is 102 cm³/mol. The highest BCUT2D eigenvalue weighted by Gasteiger charge is 2.26. The van der Waals surface area contributed by atoms with Crippen molar-refractivity contribution in [2.24, 2.45) is 0 Å². The Morgan fingerprint density at radius 2 is 1.89 bits per heavy atom. The molecule has 0 fully saturated rings. The fraction of sp³-hybridized carbons (Fsp3) is 0.150. The summed E-state index contributed by atoms with van der Waals surface area (Å²) in [6, 6.07) is 12.7. The van der Waals surface area contributed by atoms with Crippen molar-refractivity contribution in [2.45, 2.75) is 19.4 Å². The van der Waals surface area contributed by atoms with Crippen LogP contribution in [-0.2, 0) is 5.54 Å². The summed E-state index contributed by atoms with van der Waals surface area (Å²) in [7, 11) is 0. The molecule has 8 heteroatoms. The molecule has 0 aliphatic heterocycles. The standard InChI is InChI=1S/C20H18N4O4/c1-20(2,13-6-4-3-5-7-13)22-19(26)15-10-14-16(28-15)17(24-23-14)21-18(25)12-8-9-27-11-12/h3-11H,1-2H3,(H,22,26)(H2,21,23,24,25). The number of aromatic amines is 1. The maximum absolute atomic E-state index is 12.7. The maximum Gasteiger partial charge on any atom is 0.287 e. The lowest BCUT2D eigenvalue weighted by Crippen LogP contribution is -2.40. The van der Waals surface area contributed by atoms with Gasteiger partial charge in [0, 0.05) is 6.07 Å². The predicted octanol–water partition coefficient (Wildman–Crippen LogP) is 3.67. The minimum atomic E-state index is -0.588. The molecule has 1 aromatic carbocycles. The van der Waals surface area contributed by atoms with E-state index in [0.29, 0.717) is 16.7 Å². The van der Waals surface area contributed by atoms with Crippen LogP contribution in [0.3, 0.4) is 0 Å². The number of furan rings is 2. The van der Waals surface area contributed by atoms with Gasteiger partial charge in [0.2, 0.25) is 0 Å². The fourth-order valence-corrected chi connectivity index (χ4v) is 2.86. The van der Waals surface area contributed by atoms with Gasteiger partial charge in [0.25, 0.3) is 11.8 Å². The van der Waals surface area contributed by atoms with Gasteiger partial charge in [0.05, 0.1) is 17.4 Å². The zero-order valence-electron chi connectivity index (χ0n) is 15.3. The lowest BCUT2D eigenvalue weighted by molar-refractivity contribution is 0.0885. The number of carbonyl (C=O) groups is 2. The summed E-state index contributed by atoms with van der Waals surface area (Å²) in [6.45, 7) is 3.82. The Kier molecular flexibility index (Phi) is 4.23. The molecule has 0 aliphatic rings. The molecule has 0 bridgehead atoms. The van der Waals surface area contributed by atoms with E-state index in [4.69, 9.17) is 8.83 Å². The molecule has 4 aromatic rings. The van der Waals surface area contributed by atoms with Gasteiger partial charge < -0.3 is 19.5 Å². The molecule has 142 valence electrons. The minimum Gasteiger partial charge on any atom is -0.472 e. The SMILES string of the molecule is CC(C)(NC(=O)c1cc2[nH]nc(NC(=O)c3ccoc3)c2o1)c1ccccc1. The van der Waals surface area contributed by atoms with E-state index in [1.807, 2.05) is 44.2 Å². The van der Waals surface area contributed by atoms with Crippen molar-refractivity contribution in [3.63, 3.8) is 0 Å². The normalized spacial score (nSPS) is 11.5. The van der Waals surface area contributed by atoms with Crippen molar-refractivity contribution in [3.8, 4) is 0 Å². The first-order valence-corrected chi connectivity index (χ1v) is 8.63. The van der Waals surface area contributed by atoms with Crippen molar-refractivity contribution < 1.29 is 18.4 Å². The van der Waals surface area contributed by atoms with Gasteiger partial charge in [-0.1, -0.05) is 30.3 Å². The van der Waals surface area contributed by atoms with Crippen molar-refractivity contribution >= 4 is 28.7 Å². The molecule has 2 amide bonds. The van der Waals surface area contributed by atoms with Crippen LogP contribution in [0.15, 0.2) is 63.8 Å². The molecule has 3 N–H and O–H groups in total. The van der Waals surface area contributed by atoms with E-state index in [9.17, 15) is 9.59 Å². The van der Waals surface area contributed by atoms with Crippen molar-refractivity contribution in [3.05, 3.63) is 71.9 Å². The zero-order chi connectivity index (χ0) is 19.7. The number of hydrogen-bond acceptors (Lipinski definition) is 5. The van der Waals surface area contributed by atoms with E-state index < -0.39 is 11.4 Å². The summed E-state index contributed by atoms with van der Waals surface area (Å²) >= 11 is 0. The number of rotatable bonds is 5. The third-order valence-electron chi connectivity index (χ3n) is 4.40. The highest BCUT2D eigenvalue weighted by Crippen LogP contribution is 2.26. The first-order chi connectivity index (χ1) is 13.4. The van der Waals surface area contributed by atoms with E-state index in [2.05, 4.69) is 20.8 Å². The van der Waals surface area contributed by atoms with E-state index in [1.54, 1.807) is 6.07 Å². The maximum atomic E-state index is 12.7. The van der Waals surface area contributed by atoms with Gasteiger partial charge in [-0.2, -0.15) is 5.10 Å². The van der Waals surface area contributed by atoms with Gasteiger partial charge in [-0.05, 0) is 25.5 Å². The number of aromatic nitrogens is 2. The Labute approximate surface area is 159 Å². The quantitative estimate of drug-likeness (QED) is 0.490. The lowest BCUT2D eigenvalue weighted by atomic mass is 9.94. The average molecular weight is 378 g/mol. The Balaban J connectivity index is 1.54. The highest BCUT2D eigenvalue weighted by atomic mass is 16.3. The number of fused-ring (bicyclic) bond motifs is 1. The van der Waals surface area contributed by atoms with Crippen LogP contribution in [0.5, 0.6) is 0 Å². The summed E-state index contributed by atoms with van der Waals surface area (Å²) < 4.78 is 10.6. The molecule has 0 saturated carbocycles. The summed E-state index contributed by atoms with van der Waals surface area (Å²) in [6.07, 6.45) is 2.73. The van der Waals surface area contributed by atoms with Crippen molar-refractivity contribution in [1.29, 1.82) is 0 Å². The molecule has 4 rings (SSSR count). The van der Waals surface area contributed by atoms with Crippen molar-refractivity contribution in [1.82, 2.24) is 15.5 Å². The van der Waals surface area contributed by atoms with Crippen LogP contribution >= 0.6 is 0 Å². The fourth-order valence-electron chi connectivity index (χ4n) is 2.86. The molecular weight excluding hydrogens is 360 g/mol. The molecule has 3 heterocycles. The molecule has 3 aromatic heterocycles. The molecular formula is C20H18N4O4. The number of benzene rings is 1. The van der Waals surface area contributed by atoms with E-state index in [-0.39, 0.29) is 17.5 Å². The molecule has 28 heavy (non-hydrogen) atoms. The Morgan fingerprint density at radius 1 is 1.11 bits per heavy atom. The molecule has 0 atom stereocenters. The lowest BCUT2D eigenvalue weighted by Gasteiger charge is -2.26. The first kappa shape index (κ1) is 17.6. The van der Waals surface area contributed by atoms with E-state index >= 15 is 0 Å². The van der Waals surface area contributed by atoms with Crippen LogP contribution in [0, 0.1) is 0 Å². The molecule has 0 radical (unpaired) electrons. The Hall–Kier alpha value is -3.81. The number of H-pyrrole nitrogens is 1. The largest absolute Gasteiger partial charge is 0.472 e. The van der Waals surface area contributed by atoms with Gasteiger partial charge >= 0.3 is 0 Å². The van der Waals surface area contributed by atoms with E-state index in [1.165, 1.54) is 18.6 Å². The molecule has 0 saturated heterocycles. The number of carbonyl (C=O) groups excluding carboxylic acids is 2. The molecule has 8 nitrogen and oxygen atoms in total. The number of amides is 2. The molecule has 0 unspecified atom stereocenters. The number of anilines is 1. The molecule has 0 aliphatic carbocycles. The zero-order valence-corrected chi connectivity index (χ0v) is 15.3. The second-order valence-corrected chi connectivity index (χ2v) is 6.84. The highest BCUT2D eigenvalue weighted by molar-refractivity contribution is 6.07. The number of hydrogen-bond donors (Lipinski definition) is 3. The second-order valence-electron chi connectivity index (χ2n) is 6.84. The summed E-state index contributed by atoms with van der Waals surface area (Å²) in [5.41, 5.74) is 1.53. The smallest absolute Gasteiger partial charge is 0.287 e. The summed E-state index contributed by atoms with van der Waals surface area (Å²) in [5, 5.41) is 12.3. The average Bonchev–Trinajstić information content (AvgIpc) is 3.40. The Morgan fingerprint density at radius 3 is 2.61 bits per heavy atom. The van der Waals surface area contributed by atoms with Crippen LogP contribution in [0.4, 0.5) is 5.82 Å². The Bertz CT molecular complexity index is 1120. The van der Waals surface area contributed by atoms with Gasteiger partial charge in [0.15, 0.2) is 17.2 Å². The summed E-state index contributed by atoms with van der Waals surface area (Å²) in [5.74, 6) is -0.450. The van der Waals surface area contributed by atoms with Crippen molar-refractivity contribution in [2.75, 3.05) is 5.32 Å². The van der Waals surface area contributed by atoms with Crippen LogP contribution in [-0.4, -0.2) is 22.0 Å². The number of nitrogens with one attached hydrogen (secondary N) is 3. The third kappa shape index (κ3) is 3.27.